The summed E-state index contributed by atoms with van der Waals surface area (Å²) in [5.41, 5.74) is 6.60. The molecule has 2 atom stereocenters. The van der Waals surface area contributed by atoms with Gasteiger partial charge in [-0.05, 0) is 37.5 Å². The number of hydrogen-bond donors (Lipinski definition) is 2. The minimum Gasteiger partial charge on any atom is -0.479 e. The number of aryl methyl sites for hydroxylation is 1. The lowest BCUT2D eigenvalue weighted by Gasteiger charge is -2.37. The molecule has 1 heterocycles. The van der Waals surface area contributed by atoms with Gasteiger partial charge >= 0.3 is 5.97 Å². The van der Waals surface area contributed by atoms with Crippen molar-refractivity contribution in [2.75, 3.05) is 6.54 Å². The van der Waals surface area contributed by atoms with Crippen LogP contribution in [0.4, 0.5) is 0 Å². The zero-order valence-corrected chi connectivity index (χ0v) is 16.5. The SMILES string of the molecule is C[C@H](CN)O[C@@H](Cc1cn(CCC(C)(C)C2CCCCC2)cn1)C(=O)O. The van der Waals surface area contributed by atoms with Crippen molar-refractivity contribution in [3.05, 3.63) is 18.2 Å². The van der Waals surface area contributed by atoms with Gasteiger partial charge in [-0.2, -0.15) is 0 Å². The van der Waals surface area contributed by atoms with Crippen LogP contribution < -0.4 is 5.73 Å². The molecule has 26 heavy (non-hydrogen) atoms. The van der Waals surface area contributed by atoms with Crippen LogP contribution in [-0.2, 0) is 22.5 Å². The van der Waals surface area contributed by atoms with Gasteiger partial charge in [-0.15, -0.1) is 0 Å². The average Bonchev–Trinajstić information content (AvgIpc) is 3.07. The molecule has 1 fully saturated rings. The van der Waals surface area contributed by atoms with Gasteiger partial charge in [0.25, 0.3) is 0 Å². The van der Waals surface area contributed by atoms with E-state index in [0.29, 0.717) is 12.0 Å². The lowest BCUT2D eigenvalue weighted by molar-refractivity contribution is -0.153. The van der Waals surface area contributed by atoms with Crippen LogP contribution in [0, 0.1) is 11.3 Å². The number of hydrogen-bond acceptors (Lipinski definition) is 4. The van der Waals surface area contributed by atoms with Gasteiger partial charge in [-0.3, -0.25) is 0 Å². The molecule has 3 N–H and O–H groups in total. The molecule has 0 spiro atoms. The van der Waals surface area contributed by atoms with Crippen LogP contribution in [0.5, 0.6) is 0 Å². The lowest BCUT2D eigenvalue weighted by Crippen LogP contribution is -2.33. The Balaban J connectivity index is 1.89. The zero-order valence-electron chi connectivity index (χ0n) is 16.5. The first-order valence-corrected chi connectivity index (χ1v) is 9.91. The predicted molar refractivity (Wildman–Crippen MR) is 102 cm³/mol. The Morgan fingerprint density at radius 2 is 2.12 bits per heavy atom. The third kappa shape index (κ3) is 6.09. The normalized spacial score (nSPS) is 18.6. The van der Waals surface area contributed by atoms with E-state index in [0.717, 1.165) is 24.6 Å². The van der Waals surface area contributed by atoms with Gasteiger partial charge in [0.05, 0.1) is 18.1 Å². The Hall–Kier alpha value is -1.40. The standard InChI is InChI=1S/C20H35N3O3/c1-15(12-21)26-18(19(24)25)11-17-13-23(14-22-17)10-9-20(2,3)16-7-5-4-6-8-16/h13-16,18H,4-12,21H2,1-3H3,(H,24,25)/t15-,18+/m1/s1. The van der Waals surface area contributed by atoms with Gasteiger partial charge in [0.15, 0.2) is 6.10 Å². The monoisotopic (exact) mass is 365 g/mol. The molecule has 0 aromatic carbocycles. The number of nitrogens with zero attached hydrogens (tertiary/aromatic N) is 2. The number of carboxylic acid groups (broad SMARTS) is 1. The Bertz CT molecular complexity index is 564. The molecule has 6 nitrogen and oxygen atoms in total. The highest BCUT2D eigenvalue weighted by Crippen LogP contribution is 2.40. The van der Waals surface area contributed by atoms with Crippen LogP contribution in [0.1, 0.15) is 65.0 Å². The Morgan fingerprint density at radius 3 is 2.73 bits per heavy atom. The molecule has 1 aromatic rings. The molecule has 0 saturated heterocycles. The fourth-order valence-corrected chi connectivity index (χ4v) is 3.86. The van der Waals surface area contributed by atoms with E-state index in [1.807, 2.05) is 6.20 Å². The first-order valence-electron chi connectivity index (χ1n) is 9.91. The van der Waals surface area contributed by atoms with E-state index in [1.54, 1.807) is 13.3 Å². The molecule has 1 aliphatic carbocycles. The van der Waals surface area contributed by atoms with Crippen molar-refractivity contribution < 1.29 is 14.6 Å². The minimum absolute atomic E-state index is 0.263. The summed E-state index contributed by atoms with van der Waals surface area (Å²) in [6.45, 7) is 7.75. The molecule has 1 aliphatic rings. The Kier molecular flexibility index (Phi) is 7.65. The van der Waals surface area contributed by atoms with Crippen LogP contribution in [-0.4, -0.2) is 39.4 Å². The average molecular weight is 366 g/mol. The molecule has 0 radical (unpaired) electrons. The van der Waals surface area contributed by atoms with Crippen LogP contribution in [0.15, 0.2) is 12.5 Å². The second kappa shape index (κ2) is 9.51. The molecule has 6 heteroatoms. The number of aromatic nitrogens is 2. The van der Waals surface area contributed by atoms with Gasteiger partial charge in [0, 0.05) is 25.7 Å². The molecule has 2 rings (SSSR count). The summed E-state index contributed by atoms with van der Waals surface area (Å²) in [6.07, 6.45) is 10.7. The molecular weight excluding hydrogens is 330 g/mol. The van der Waals surface area contributed by atoms with E-state index in [2.05, 4.69) is 23.4 Å². The molecule has 0 amide bonds. The second-order valence-electron chi connectivity index (χ2n) is 8.39. The largest absolute Gasteiger partial charge is 0.479 e. The molecule has 0 aliphatic heterocycles. The highest BCUT2D eigenvalue weighted by molar-refractivity contribution is 5.72. The van der Waals surface area contributed by atoms with E-state index in [9.17, 15) is 9.90 Å². The van der Waals surface area contributed by atoms with E-state index in [-0.39, 0.29) is 12.5 Å². The van der Waals surface area contributed by atoms with Gasteiger partial charge in [0.1, 0.15) is 0 Å². The fourth-order valence-electron chi connectivity index (χ4n) is 3.86. The van der Waals surface area contributed by atoms with Crippen molar-refractivity contribution in [2.24, 2.45) is 17.1 Å². The Morgan fingerprint density at radius 1 is 1.42 bits per heavy atom. The van der Waals surface area contributed by atoms with E-state index >= 15 is 0 Å². The number of rotatable bonds is 10. The van der Waals surface area contributed by atoms with Gasteiger partial charge < -0.3 is 20.1 Å². The second-order valence-corrected chi connectivity index (χ2v) is 8.39. The summed E-state index contributed by atoms with van der Waals surface area (Å²) in [5, 5.41) is 9.34. The van der Waals surface area contributed by atoms with Crippen LogP contribution in [0.3, 0.4) is 0 Å². The summed E-state index contributed by atoms with van der Waals surface area (Å²) in [4.78, 5) is 15.8. The molecule has 1 saturated carbocycles. The maximum atomic E-state index is 11.4. The van der Waals surface area contributed by atoms with Crippen molar-refractivity contribution in [1.82, 2.24) is 9.55 Å². The number of ether oxygens (including phenoxy) is 1. The van der Waals surface area contributed by atoms with Crippen molar-refractivity contribution in [3.63, 3.8) is 0 Å². The lowest BCUT2D eigenvalue weighted by atomic mass is 9.69. The highest BCUT2D eigenvalue weighted by Gasteiger charge is 2.30. The van der Waals surface area contributed by atoms with Crippen molar-refractivity contribution in [3.8, 4) is 0 Å². The van der Waals surface area contributed by atoms with Crippen molar-refractivity contribution in [2.45, 2.75) is 84.5 Å². The summed E-state index contributed by atoms with van der Waals surface area (Å²) >= 11 is 0. The molecule has 148 valence electrons. The smallest absolute Gasteiger partial charge is 0.333 e. The summed E-state index contributed by atoms with van der Waals surface area (Å²) in [7, 11) is 0. The van der Waals surface area contributed by atoms with E-state index < -0.39 is 12.1 Å². The molecule has 0 unspecified atom stereocenters. The van der Waals surface area contributed by atoms with Gasteiger partial charge in [-0.25, -0.2) is 9.78 Å². The Labute approximate surface area is 157 Å². The minimum atomic E-state index is -0.974. The molecule has 1 aromatic heterocycles. The number of carbonyl (C=O) groups is 1. The molecule has 0 bridgehead atoms. The van der Waals surface area contributed by atoms with Crippen LogP contribution in [0.2, 0.25) is 0 Å². The third-order valence-corrected chi connectivity index (χ3v) is 5.81. The van der Waals surface area contributed by atoms with Crippen LogP contribution in [0.25, 0.3) is 0 Å². The third-order valence-electron chi connectivity index (χ3n) is 5.81. The van der Waals surface area contributed by atoms with Gasteiger partial charge in [-0.1, -0.05) is 33.1 Å². The summed E-state index contributed by atoms with van der Waals surface area (Å²) in [5.74, 6) is -0.167. The van der Waals surface area contributed by atoms with E-state index in [4.69, 9.17) is 10.5 Å². The van der Waals surface area contributed by atoms with E-state index in [1.165, 1.54) is 32.1 Å². The first-order chi connectivity index (χ1) is 12.3. The number of imidazole rings is 1. The first kappa shape index (κ1) is 20.9. The van der Waals surface area contributed by atoms with Gasteiger partial charge in [0.2, 0.25) is 0 Å². The molecular formula is C20H35N3O3. The number of carboxylic acids is 1. The summed E-state index contributed by atoms with van der Waals surface area (Å²) in [6, 6.07) is 0. The number of aliphatic carboxylic acids is 1. The van der Waals surface area contributed by atoms with Crippen molar-refractivity contribution in [1.29, 1.82) is 0 Å². The topological polar surface area (TPSA) is 90.4 Å². The quantitative estimate of drug-likeness (QED) is 0.664. The fraction of sp³-hybridized carbons (Fsp3) is 0.800. The van der Waals surface area contributed by atoms with Crippen molar-refractivity contribution >= 4 is 5.97 Å². The zero-order chi connectivity index (χ0) is 19.2. The summed E-state index contributed by atoms with van der Waals surface area (Å²) < 4.78 is 7.57. The maximum Gasteiger partial charge on any atom is 0.333 e. The number of nitrogens with two attached hydrogens (primary N) is 1. The maximum absolute atomic E-state index is 11.4. The predicted octanol–water partition coefficient (Wildman–Crippen LogP) is 3.24. The van der Waals surface area contributed by atoms with Crippen LogP contribution >= 0.6 is 0 Å². The highest BCUT2D eigenvalue weighted by atomic mass is 16.5.